The highest BCUT2D eigenvalue weighted by molar-refractivity contribution is 5.94. The van der Waals surface area contributed by atoms with Crippen LogP contribution in [0.4, 0.5) is 0 Å². The Labute approximate surface area is 147 Å². The number of hydrogen-bond donors (Lipinski definition) is 1. The molecule has 6 heteroatoms. The number of hydrogen-bond acceptors (Lipinski definition) is 4. The highest BCUT2D eigenvalue weighted by Gasteiger charge is 2.29. The predicted octanol–water partition coefficient (Wildman–Crippen LogP) is 1.57. The number of carbonyl (C=O) groups is 2. The summed E-state index contributed by atoms with van der Waals surface area (Å²) in [7, 11) is 3.66. The molecular weight excluding hydrogens is 316 g/mol. The lowest BCUT2D eigenvalue weighted by molar-refractivity contribution is 0.0540. The second-order valence-corrected chi connectivity index (χ2v) is 6.17. The fraction of sp³-hybridized carbons (Fsp3) is 0.316. The van der Waals surface area contributed by atoms with Gasteiger partial charge in [-0.2, -0.15) is 0 Å². The molecule has 25 heavy (non-hydrogen) atoms. The van der Waals surface area contributed by atoms with Crippen molar-refractivity contribution in [2.75, 3.05) is 33.7 Å². The minimum absolute atomic E-state index is 0.0472. The molecule has 6 nitrogen and oxygen atoms in total. The quantitative estimate of drug-likeness (QED) is 0.923. The van der Waals surface area contributed by atoms with Crippen molar-refractivity contribution in [1.82, 2.24) is 20.1 Å². The van der Waals surface area contributed by atoms with Crippen molar-refractivity contribution in [2.45, 2.75) is 6.04 Å². The maximum absolute atomic E-state index is 12.7. The predicted molar refractivity (Wildman–Crippen MR) is 95.3 cm³/mol. The van der Waals surface area contributed by atoms with Crippen molar-refractivity contribution in [3.8, 4) is 0 Å². The molecule has 0 spiro atoms. The van der Waals surface area contributed by atoms with Crippen LogP contribution in [0.3, 0.4) is 0 Å². The molecule has 1 aliphatic heterocycles. The second-order valence-electron chi connectivity index (χ2n) is 6.17. The lowest BCUT2D eigenvalue weighted by atomic mass is 10.00. The Hall–Kier alpha value is -2.73. The zero-order valence-corrected chi connectivity index (χ0v) is 14.5. The Morgan fingerprint density at radius 1 is 1.16 bits per heavy atom. The van der Waals surface area contributed by atoms with Gasteiger partial charge in [-0.1, -0.05) is 18.2 Å². The van der Waals surface area contributed by atoms with Gasteiger partial charge in [0.25, 0.3) is 11.8 Å². The monoisotopic (exact) mass is 338 g/mol. The van der Waals surface area contributed by atoms with E-state index in [0.29, 0.717) is 24.3 Å². The zero-order valence-electron chi connectivity index (χ0n) is 14.5. The van der Waals surface area contributed by atoms with Crippen LogP contribution in [0.1, 0.15) is 32.5 Å². The largest absolute Gasteiger partial charge is 0.355 e. The smallest absolute Gasteiger partial charge is 0.272 e. The summed E-state index contributed by atoms with van der Waals surface area (Å²) in [6.45, 7) is 2.01. The molecule has 0 aliphatic carbocycles. The SMILES string of the molecule is CNC(=O)c1cccc(C2CN(C(=O)c3ccccn3)CCN2C)c1. The molecule has 0 bridgehead atoms. The molecule has 130 valence electrons. The lowest BCUT2D eigenvalue weighted by Gasteiger charge is -2.39. The summed E-state index contributed by atoms with van der Waals surface area (Å²) in [6.07, 6.45) is 1.63. The maximum Gasteiger partial charge on any atom is 0.272 e. The number of amides is 2. The van der Waals surface area contributed by atoms with Gasteiger partial charge in [-0.25, -0.2) is 0 Å². The molecule has 2 aromatic rings. The Morgan fingerprint density at radius 2 is 2.00 bits per heavy atom. The van der Waals surface area contributed by atoms with E-state index in [9.17, 15) is 9.59 Å². The van der Waals surface area contributed by atoms with Gasteiger partial charge in [0.05, 0.1) is 6.04 Å². The van der Waals surface area contributed by atoms with Crippen LogP contribution in [-0.4, -0.2) is 60.3 Å². The molecule has 1 atom stereocenters. The van der Waals surface area contributed by atoms with Crippen LogP contribution < -0.4 is 5.32 Å². The molecule has 1 aromatic carbocycles. The minimum Gasteiger partial charge on any atom is -0.355 e. The molecule has 1 unspecified atom stereocenters. The van der Waals surface area contributed by atoms with E-state index in [0.717, 1.165) is 12.1 Å². The van der Waals surface area contributed by atoms with Crippen molar-refractivity contribution < 1.29 is 9.59 Å². The van der Waals surface area contributed by atoms with Crippen LogP contribution >= 0.6 is 0 Å². The standard InChI is InChI=1S/C19H22N4O2/c1-20-18(24)15-7-5-6-14(12-15)17-13-23(11-10-22(17)2)19(25)16-8-3-4-9-21-16/h3-9,12,17H,10-11,13H2,1-2H3,(H,20,24). The van der Waals surface area contributed by atoms with E-state index in [4.69, 9.17) is 0 Å². The molecular formula is C19H22N4O2. The lowest BCUT2D eigenvalue weighted by Crippen LogP contribution is -2.49. The number of rotatable bonds is 3. The summed E-state index contributed by atoms with van der Waals surface area (Å²) >= 11 is 0. The van der Waals surface area contributed by atoms with E-state index in [2.05, 4.69) is 15.2 Å². The van der Waals surface area contributed by atoms with Crippen molar-refractivity contribution >= 4 is 11.8 Å². The van der Waals surface area contributed by atoms with Crippen molar-refractivity contribution in [3.63, 3.8) is 0 Å². The van der Waals surface area contributed by atoms with Gasteiger partial charge in [-0.15, -0.1) is 0 Å². The number of piperazine rings is 1. The summed E-state index contributed by atoms with van der Waals surface area (Å²) in [5, 5.41) is 2.65. The van der Waals surface area contributed by atoms with Crippen LogP contribution in [0.5, 0.6) is 0 Å². The summed E-state index contributed by atoms with van der Waals surface area (Å²) in [5.74, 6) is -0.164. The van der Waals surface area contributed by atoms with E-state index in [1.54, 1.807) is 31.4 Å². The van der Waals surface area contributed by atoms with Gasteiger partial charge in [0.15, 0.2) is 0 Å². The third-order valence-corrected chi connectivity index (χ3v) is 4.58. The van der Waals surface area contributed by atoms with Gasteiger partial charge in [0.2, 0.25) is 0 Å². The van der Waals surface area contributed by atoms with Crippen LogP contribution in [-0.2, 0) is 0 Å². The average molecular weight is 338 g/mol. The average Bonchev–Trinajstić information content (AvgIpc) is 2.68. The van der Waals surface area contributed by atoms with E-state index in [-0.39, 0.29) is 17.9 Å². The fourth-order valence-electron chi connectivity index (χ4n) is 3.10. The number of benzene rings is 1. The molecule has 0 saturated carbocycles. The van der Waals surface area contributed by atoms with Gasteiger partial charge in [0.1, 0.15) is 5.69 Å². The Morgan fingerprint density at radius 3 is 2.72 bits per heavy atom. The molecule has 2 heterocycles. The second kappa shape index (κ2) is 7.44. The van der Waals surface area contributed by atoms with Crippen LogP contribution in [0.2, 0.25) is 0 Å². The Balaban J connectivity index is 1.82. The molecule has 1 aliphatic rings. The Kier molecular flexibility index (Phi) is 5.09. The van der Waals surface area contributed by atoms with Crippen LogP contribution in [0, 0.1) is 0 Å². The molecule has 1 fully saturated rings. The first-order chi connectivity index (χ1) is 12.1. The number of likely N-dealkylation sites (N-methyl/N-ethyl adjacent to an activating group) is 1. The van der Waals surface area contributed by atoms with E-state index >= 15 is 0 Å². The topological polar surface area (TPSA) is 65.5 Å². The van der Waals surface area contributed by atoms with Crippen LogP contribution in [0.15, 0.2) is 48.7 Å². The first-order valence-corrected chi connectivity index (χ1v) is 8.32. The van der Waals surface area contributed by atoms with Crippen LogP contribution in [0.25, 0.3) is 0 Å². The van der Waals surface area contributed by atoms with Gasteiger partial charge < -0.3 is 10.2 Å². The summed E-state index contributed by atoms with van der Waals surface area (Å²) in [6, 6.07) is 13.0. The molecule has 1 saturated heterocycles. The molecule has 0 radical (unpaired) electrons. The molecule has 1 aromatic heterocycles. The van der Waals surface area contributed by atoms with Gasteiger partial charge >= 0.3 is 0 Å². The normalized spacial score (nSPS) is 18.0. The minimum atomic E-state index is -0.110. The number of nitrogens with one attached hydrogen (secondary N) is 1. The van der Waals surface area contributed by atoms with Crippen molar-refractivity contribution in [1.29, 1.82) is 0 Å². The third-order valence-electron chi connectivity index (χ3n) is 4.58. The number of pyridine rings is 1. The zero-order chi connectivity index (χ0) is 17.8. The van der Waals surface area contributed by atoms with E-state index < -0.39 is 0 Å². The first-order valence-electron chi connectivity index (χ1n) is 8.32. The van der Waals surface area contributed by atoms with Gasteiger partial charge in [0, 0.05) is 38.4 Å². The van der Waals surface area contributed by atoms with Gasteiger partial charge in [-0.3, -0.25) is 19.5 Å². The third kappa shape index (κ3) is 3.69. The molecule has 3 rings (SSSR count). The maximum atomic E-state index is 12.7. The summed E-state index contributed by atoms with van der Waals surface area (Å²) in [4.78, 5) is 32.8. The Bertz CT molecular complexity index is 763. The molecule has 1 N–H and O–H groups in total. The number of aromatic nitrogens is 1. The number of carbonyl (C=O) groups excluding carboxylic acids is 2. The fourth-order valence-corrected chi connectivity index (χ4v) is 3.10. The van der Waals surface area contributed by atoms with Crippen molar-refractivity contribution in [2.24, 2.45) is 0 Å². The van der Waals surface area contributed by atoms with E-state index in [1.165, 1.54) is 0 Å². The first kappa shape index (κ1) is 17.1. The summed E-state index contributed by atoms with van der Waals surface area (Å²) in [5.41, 5.74) is 2.12. The van der Waals surface area contributed by atoms with Crippen molar-refractivity contribution in [3.05, 3.63) is 65.5 Å². The van der Waals surface area contributed by atoms with Gasteiger partial charge in [-0.05, 0) is 36.9 Å². The highest BCUT2D eigenvalue weighted by atomic mass is 16.2. The summed E-state index contributed by atoms with van der Waals surface area (Å²) < 4.78 is 0. The van der Waals surface area contributed by atoms with E-state index in [1.807, 2.05) is 36.2 Å². The number of nitrogens with zero attached hydrogens (tertiary/aromatic N) is 3. The highest BCUT2D eigenvalue weighted by Crippen LogP contribution is 2.25. The molecule has 2 amide bonds.